The first-order valence-electron chi connectivity index (χ1n) is 7.13. The van der Waals surface area contributed by atoms with Gasteiger partial charge < -0.3 is 4.90 Å². The molecule has 24 heavy (non-hydrogen) atoms. The highest BCUT2D eigenvalue weighted by atomic mass is 35.5. The van der Waals surface area contributed by atoms with Crippen molar-refractivity contribution >= 4 is 68.9 Å². The lowest BCUT2D eigenvalue weighted by Gasteiger charge is -2.16. The van der Waals surface area contributed by atoms with Gasteiger partial charge in [0.05, 0.1) is 16.4 Å². The zero-order chi connectivity index (χ0) is 16.8. The van der Waals surface area contributed by atoms with Crippen molar-refractivity contribution in [2.45, 2.75) is 4.90 Å². The standard InChI is InChI=1S/C17H11ClN2OS3/c1-19-12-9-10(18)7-8-13(12)23-16(19)14-15(21)20(17(22)24-14)11-5-3-2-4-6-11/h2-9H,1H3/b16-14+. The van der Waals surface area contributed by atoms with Crippen molar-refractivity contribution in [3.63, 3.8) is 0 Å². The van der Waals surface area contributed by atoms with Crippen molar-refractivity contribution in [2.75, 3.05) is 16.8 Å². The molecule has 1 saturated heterocycles. The fourth-order valence-electron chi connectivity index (χ4n) is 2.62. The second-order valence-corrected chi connectivity index (χ2v) is 8.36. The Labute approximate surface area is 158 Å². The van der Waals surface area contributed by atoms with E-state index >= 15 is 0 Å². The minimum Gasteiger partial charge on any atom is -0.337 e. The molecule has 2 aliphatic heterocycles. The van der Waals surface area contributed by atoms with Crippen LogP contribution in [0, 0.1) is 0 Å². The highest BCUT2D eigenvalue weighted by molar-refractivity contribution is 8.27. The van der Waals surface area contributed by atoms with Crippen LogP contribution >= 0.6 is 47.3 Å². The van der Waals surface area contributed by atoms with Gasteiger partial charge in [0.15, 0.2) is 4.32 Å². The van der Waals surface area contributed by atoms with Gasteiger partial charge >= 0.3 is 0 Å². The van der Waals surface area contributed by atoms with E-state index in [9.17, 15) is 4.79 Å². The van der Waals surface area contributed by atoms with Gasteiger partial charge in [0.25, 0.3) is 5.91 Å². The highest BCUT2D eigenvalue weighted by Gasteiger charge is 2.38. The molecule has 2 aliphatic rings. The van der Waals surface area contributed by atoms with E-state index < -0.39 is 0 Å². The number of carbonyl (C=O) groups is 1. The van der Waals surface area contributed by atoms with Gasteiger partial charge in [-0.05, 0) is 30.3 Å². The topological polar surface area (TPSA) is 23.6 Å². The molecule has 3 nitrogen and oxygen atoms in total. The van der Waals surface area contributed by atoms with Crippen molar-refractivity contribution in [1.82, 2.24) is 0 Å². The van der Waals surface area contributed by atoms with Crippen LogP contribution in [-0.2, 0) is 4.79 Å². The quantitative estimate of drug-likeness (QED) is 0.497. The Morgan fingerprint density at radius 2 is 1.83 bits per heavy atom. The summed E-state index contributed by atoms with van der Waals surface area (Å²) < 4.78 is 0.552. The number of hydrogen-bond acceptors (Lipinski definition) is 5. The third-order valence-corrected chi connectivity index (χ3v) is 6.73. The van der Waals surface area contributed by atoms with E-state index in [0.717, 1.165) is 21.3 Å². The number of para-hydroxylation sites is 1. The Kier molecular flexibility index (Phi) is 4.08. The number of amides is 1. The number of thiocarbonyl (C=S) groups is 1. The molecule has 2 aromatic carbocycles. The van der Waals surface area contributed by atoms with Crippen molar-refractivity contribution < 1.29 is 4.79 Å². The summed E-state index contributed by atoms with van der Waals surface area (Å²) in [5.74, 6) is -0.0792. The fraction of sp³-hybridized carbons (Fsp3) is 0.0588. The number of fused-ring (bicyclic) bond motifs is 1. The lowest BCUT2D eigenvalue weighted by molar-refractivity contribution is -0.113. The van der Waals surface area contributed by atoms with Crippen molar-refractivity contribution in [1.29, 1.82) is 0 Å². The molecule has 1 fully saturated rings. The molecule has 0 N–H and O–H groups in total. The first kappa shape index (κ1) is 16.0. The van der Waals surface area contributed by atoms with Gasteiger partial charge in [-0.15, -0.1) is 0 Å². The van der Waals surface area contributed by atoms with Crippen molar-refractivity contribution in [3.8, 4) is 0 Å². The number of hydrogen-bond donors (Lipinski definition) is 0. The van der Waals surface area contributed by atoms with Gasteiger partial charge in [0, 0.05) is 17.0 Å². The molecule has 2 aromatic rings. The lowest BCUT2D eigenvalue weighted by Crippen LogP contribution is -2.28. The Hall–Kier alpha value is -1.47. The number of benzene rings is 2. The van der Waals surface area contributed by atoms with E-state index in [1.54, 1.807) is 16.7 Å². The monoisotopic (exact) mass is 390 g/mol. The Bertz CT molecular complexity index is 898. The fourth-order valence-corrected chi connectivity index (χ4v) is 5.39. The normalized spacial score (nSPS) is 20.1. The molecule has 1 amide bonds. The number of thioether (sulfide) groups is 2. The average molecular weight is 391 g/mol. The van der Waals surface area contributed by atoms with Crippen LogP contribution in [0.3, 0.4) is 0 Å². The molecule has 0 bridgehead atoms. The van der Waals surface area contributed by atoms with Gasteiger partial charge in [0.2, 0.25) is 0 Å². The van der Waals surface area contributed by atoms with Crippen LogP contribution in [0.4, 0.5) is 11.4 Å². The summed E-state index contributed by atoms with van der Waals surface area (Å²) in [6.07, 6.45) is 0. The minimum atomic E-state index is -0.0792. The molecule has 0 saturated carbocycles. The molecule has 0 aliphatic carbocycles. The summed E-state index contributed by atoms with van der Waals surface area (Å²) in [5, 5.41) is 1.57. The molecule has 0 spiro atoms. The number of carbonyl (C=O) groups excluding carboxylic acids is 1. The largest absolute Gasteiger partial charge is 0.337 e. The second-order valence-electron chi connectivity index (χ2n) is 5.25. The van der Waals surface area contributed by atoms with Gasteiger partial charge in [0.1, 0.15) is 4.91 Å². The Morgan fingerprint density at radius 3 is 2.58 bits per heavy atom. The Morgan fingerprint density at radius 1 is 1.08 bits per heavy atom. The number of anilines is 2. The van der Waals surface area contributed by atoms with Gasteiger partial charge in [-0.1, -0.05) is 65.5 Å². The molecule has 0 aromatic heterocycles. The highest BCUT2D eigenvalue weighted by Crippen LogP contribution is 2.50. The summed E-state index contributed by atoms with van der Waals surface area (Å²) in [4.78, 5) is 18.3. The molecule has 120 valence electrons. The van der Waals surface area contributed by atoms with Gasteiger partial charge in [-0.2, -0.15) is 0 Å². The molecular formula is C17H11ClN2OS3. The van der Waals surface area contributed by atoms with Gasteiger partial charge in [-0.3, -0.25) is 9.69 Å². The number of nitrogens with zero attached hydrogens (tertiary/aromatic N) is 2. The summed E-state index contributed by atoms with van der Waals surface area (Å²) in [6, 6.07) is 15.2. The van der Waals surface area contributed by atoms with E-state index in [1.807, 2.05) is 60.5 Å². The molecule has 0 radical (unpaired) electrons. The molecule has 0 atom stereocenters. The zero-order valence-electron chi connectivity index (χ0n) is 12.5. The van der Waals surface area contributed by atoms with Crippen molar-refractivity contribution in [3.05, 3.63) is 63.5 Å². The number of rotatable bonds is 1. The van der Waals surface area contributed by atoms with Crippen LogP contribution in [0.15, 0.2) is 63.4 Å². The summed E-state index contributed by atoms with van der Waals surface area (Å²) in [6.45, 7) is 0. The van der Waals surface area contributed by atoms with Crippen LogP contribution in [0.25, 0.3) is 0 Å². The van der Waals surface area contributed by atoms with Crippen LogP contribution in [-0.4, -0.2) is 17.3 Å². The van der Waals surface area contributed by atoms with Crippen molar-refractivity contribution in [2.24, 2.45) is 0 Å². The van der Waals surface area contributed by atoms with E-state index in [1.165, 1.54) is 11.8 Å². The van der Waals surface area contributed by atoms with E-state index in [4.69, 9.17) is 23.8 Å². The SMILES string of the molecule is CN1/C(=C2\SC(=S)N(c3ccccc3)C2=O)Sc2ccc(Cl)cc21. The Balaban J connectivity index is 1.75. The summed E-state index contributed by atoms with van der Waals surface area (Å²) >= 11 is 14.5. The summed E-state index contributed by atoms with van der Waals surface area (Å²) in [7, 11) is 1.94. The summed E-state index contributed by atoms with van der Waals surface area (Å²) in [5.41, 5.74) is 1.80. The maximum atomic E-state index is 13.0. The predicted molar refractivity (Wildman–Crippen MR) is 107 cm³/mol. The zero-order valence-corrected chi connectivity index (χ0v) is 15.7. The molecular weight excluding hydrogens is 380 g/mol. The maximum Gasteiger partial charge on any atom is 0.273 e. The molecule has 2 heterocycles. The van der Waals surface area contributed by atoms with E-state index in [0.29, 0.717) is 14.2 Å². The first-order chi connectivity index (χ1) is 11.6. The molecule has 0 unspecified atom stereocenters. The van der Waals surface area contributed by atoms with Crippen LogP contribution < -0.4 is 9.80 Å². The lowest BCUT2D eigenvalue weighted by atomic mass is 10.3. The average Bonchev–Trinajstić information content (AvgIpc) is 3.05. The number of halogens is 1. The van der Waals surface area contributed by atoms with E-state index in [2.05, 4.69) is 0 Å². The maximum absolute atomic E-state index is 13.0. The van der Waals surface area contributed by atoms with E-state index in [-0.39, 0.29) is 5.91 Å². The van der Waals surface area contributed by atoms with Crippen LogP contribution in [0.1, 0.15) is 0 Å². The predicted octanol–water partition coefficient (Wildman–Crippen LogP) is 5.12. The smallest absolute Gasteiger partial charge is 0.273 e. The molecule has 7 heteroatoms. The third-order valence-electron chi connectivity index (χ3n) is 3.77. The van der Waals surface area contributed by atoms with Crippen LogP contribution in [0.2, 0.25) is 5.02 Å². The van der Waals surface area contributed by atoms with Crippen LogP contribution in [0.5, 0.6) is 0 Å². The third kappa shape index (κ3) is 2.54. The van der Waals surface area contributed by atoms with Gasteiger partial charge in [-0.25, -0.2) is 0 Å². The molecule has 4 rings (SSSR count). The minimum absolute atomic E-state index is 0.0792. The first-order valence-corrected chi connectivity index (χ1v) is 9.55. The second kappa shape index (κ2) is 6.11.